The van der Waals surface area contributed by atoms with Gasteiger partial charge in [-0.3, -0.25) is 4.79 Å². The molecule has 0 aromatic heterocycles. The summed E-state index contributed by atoms with van der Waals surface area (Å²) < 4.78 is 5.55. The Kier molecular flexibility index (Phi) is 8.36. The molecule has 2 aliphatic rings. The molecule has 0 saturated carbocycles. The van der Waals surface area contributed by atoms with Crippen LogP contribution in [-0.4, -0.2) is 49.8 Å². The first-order valence-corrected chi connectivity index (χ1v) is 10.1. The lowest BCUT2D eigenvalue weighted by Crippen LogP contribution is -2.47. The van der Waals surface area contributed by atoms with Crippen molar-refractivity contribution in [2.75, 3.05) is 37.8 Å². The third kappa shape index (κ3) is 5.76. The van der Waals surface area contributed by atoms with Gasteiger partial charge in [-0.2, -0.15) is 11.8 Å². The maximum absolute atomic E-state index is 12.4. The number of halogens is 2. The third-order valence-electron chi connectivity index (χ3n) is 4.94. The van der Waals surface area contributed by atoms with Gasteiger partial charge in [0.25, 0.3) is 0 Å². The van der Waals surface area contributed by atoms with Crippen LogP contribution in [0, 0.1) is 0 Å². The Labute approximate surface area is 165 Å². The number of rotatable bonds is 5. The Hall–Kier alpha value is -0.460. The fourth-order valence-electron chi connectivity index (χ4n) is 3.46. The van der Waals surface area contributed by atoms with E-state index in [4.69, 9.17) is 16.3 Å². The third-order valence-corrected chi connectivity index (χ3v) is 6.31. The Morgan fingerprint density at radius 2 is 2.20 bits per heavy atom. The predicted octanol–water partition coefficient (Wildman–Crippen LogP) is 3.02. The minimum Gasteiger partial charge on any atom is -0.381 e. The maximum atomic E-state index is 12.4. The lowest BCUT2D eigenvalue weighted by atomic mass is 9.74. The molecule has 140 valence electrons. The molecule has 7 heteroatoms. The van der Waals surface area contributed by atoms with E-state index in [0.717, 1.165) is 49.1 Å². The van der Waals surface area contributed by atoms with Crippen molar-refractivity contribution in [1.82, 2.24) is 10.6 Å². The summed E-state index contributed by atoms with van der Waals surface area (Å²) in [6.07, 6.45) is 2.37. The molecule has 0 aliphatic carbocycles. The van der Waals surface area contributed by atoms with Crippen LogP contribution in [-0.2, 0) is 14.9 Å². The van der Waals surface area contributed by atoms with Gasteiger partial charge >= 0.3 is 0 Å². The van der Waals surface area contributed by atoms with E-state index in [1.807, 2.05) is 30.0 Å². The van der Waals surface area contributed by atoms with Gasteiger partial charge in [0.05, 0.1) is 0 Å². The lowest BCUT2D eigenvalue weighted by Gasteiger charge is -2.38. The van der Waals surface area contributed by atoms with Crippen molar-refractivity contribution in [2.45, 2.75) is 30.7 Å². The minimum atomic E-state index is -0.0758. The van der Waals surface area contributed by atoms with Crippen molar-refractivity contribution in [3.05, 3.63) is 34.9 Å². The summed E-state index contributed by atoms with van der Waals surface area (Å²) in [5.74, 6) is 2.28. The van der Waals surface area contributed by atoms with Crippen LogP contribution in [0.2, 0.25) is 5.02 Å². The zero-order chi connectivity index (χ0) is 16.8. The molecule has 1 amide bonds. The van der Waals surface area contributed by atoms with E-state index in [9.17, 15) is 4.79 Å². The smallest absolute Gasteiger partial charge is 0.221 e. The molecule has 1 aromatic rings. The largest absolute Gasteiger partial charge is 0.381 e. The highest BCUT2D eigenvalue weighted by molar-refractivity contribution is 7.99. The van der Waals surface area contributed by atoms with Crippen LogP contribution >= 0.6 is 35.8 Å². The molecular formula is C18H26Cl2N2O2S. The van der Waals surface area contributed by atoms with Crippen molar-refractivity contribution in [3.8, 4) is 0 Å². The summed E-state index contributed by atoms with van der Waals surface area (Å²) in [6, 6.07) is 8.31. The summed E-state index contributed by atoms with van der Waals surface area (Å²) >= 11 is 8.10. The van der Waals surface area contributed by atoms with Gasteiger partial charge in [0.2, 0.25) is 5.91 Å². The van der Waals surface area contributed by atoms with Gasteiger partial charge in [-0.05, 0) is 30.5 Å². The number of nitrogens with one attached hydrogen (secondary N) is 2. The second-order valence-corrected chi connectivity index (χ2v) is 8.20. The molecule has 4 nitrogen and oxygen atoms in total. The van der Waals surface area contributed by atoms with Crippen LogP contribution in [0.3, 0.4) is 0 Å². The average molecular weight is 405 g/mol. The van der Waals surface area contributed by atoms with E-state index in [1.54, 1.807) is 0 Å². The molecule has 1 aromatic carbocycles. The first-order chi connectivity index (χ1) is 11.7. The highest BCUT2D eigenvalue weighted by Crippen LogP contribution is 2.35. The summed E-state index contributed by atoms with van der Waals surface area (Å²) in [5.41, 5.74) is 1.12. The highest BCUT2D eigenvalue weighted by atomic mass is 35.5. The maximum Gasteiger partial charge on any atom is 0.221 e. The Morgan fingerprint density at radius 1 is 1.40 bits per heavy atom. The van der Waals surface area contributed by atoms with E-state index in [1.165, 1.54) is 5.56 Å². The number of carbonyl (C=O) groups is 1. The molecular weight excluding hydrogens is 379 g/mol. The van der Waals surface area contributed by atoms with Gasteiger partial charge in [0.15, 0.2) is 0 Å². The number of hydrogen-bond donors (Lipinski definition) is 2. The molecule has 2 saturated heterocycles. The topological polar surface area (TPSA) is 50.4 Å². The number of amides is 1. The average Bonchev–Trinajstić information content (AvgIpc) is 2.62. The van der Waals surface area contributed by atoms with Crippen molar-refractivity contribution in [1.29, 1.82) is 0 Å². The number of carbonyl (C=O) groups excluding carboxylic acids is 1. The van der Waals surface area contributed by atoms with Crippen LogP contribution in [0.4, 0.5) is 0 Å². The summed E-state index contributed by atoms with van der Waals surface area (Å²) in [4.78, 5) is 12.4. The molecule has 1 atom stereocenters. The lowest BCUT2D eigenvalue weighted by molar-refractivity contribution is -0.122. The van der Waals surface area contributed by atoms with Gasteiger partial charge in [0, 0.05) is 60.7 Å². The Bertz CT molecular complexity index is 562. The normalized spacial score (nSPS) is 22.7. The van der Waals surface area contributed by atoms with Crippen LogP contribution in [0.15, 0.2) is 24.3 Å². The number of benzene rings is 1. The standard InChI is InChI=1S/C18H25ClN2O2S.ClH/c19-15-3-1-2-14(10-15)18(4-7-23-8-5-18)13-21-17(22)11-16-12-24-9-6-20-16;/h1-3,10,16,20H,4-9,11-13H2,(H,21,22);1H. The molecule has 2 N–H and O–H groups in total. The van der Waals surface area contributed by atoms with Gasteiger partial charge in [0.1, 0.15) is 0 Å². The molecule has 2 aliphatic heterocycles. The van der Waals surface area contributed by atoms with Gasteiger partial charge in [-0.25, -0.2) is 0 Å². The van der Waals surface area contributed by atoms with Crippen LogP contribution in [0.5, 0.6) is 0 Å². The van der Waals surface area contributed by atoms with Crippen LogP contribution in [0.1, 0.15) is 24.8 Å². The minimum absolute atomic E-state index is 0. The molecule has 1 unspecified atom stereocenters. The number of hydrogen-bond acceptors (Lipinski definition) is 4. The molecule has 25 heavy (non-hydrogen) atoms. The van der Waals surface area contributed by atoms with Gasteiger partial charge < -0.3 is 15.4 Å². The molecule has 0 radical (unpaired) electrons. The van der Waals surface area contributed by atoms with Crippen LogP contribution in [0.25, 0.3) is 0 Å². The molecule has 0 spiro atoms. The highest BCUT2D eigenvalue weighted by Gasteiger charge is 2.35. The van der Waals surface area contributed by atoms with Crippen molar-refractivity contribution in [3.63, 3.8) is 0 Å². The fourth-order valence-corrected chi connectivity index (χ4v) is 4.60. The molecule has 2 heterocycles. The number of thioether (sulfide) groups is 1. The Morgan fingerprint density at radius 3 is 2.88 bits per heavy atom. The van der Waals surface area contributed by atoms with Crippen molar-refractivity contribution < 1.29 is 9.53 Å². The first-order valence-electron chi connectivity index (χ1n) is 8.60. The van der Waals surface area contributed by atoms with Crippen molar-refractivity contribution in [2.24, 2.45) is 0 Å². The molecule has 0 bridgehead atoms. The van der Waals surface area contributed by atoms with E-state index in [0.29, 0.717) is 19.0 Å². The number of ether oxygens (including phenoxy) is 1. The summed E-state index contributed by atoms with van der Waals surface area (Å²) in [5, 5.41) is 7.33. The quantitative estimate of drug-likeness (QED) is 0.791. The Balaban J connectivity index is 0.00000225. The van der Waals surface area contributed by atoms with E-state index in [-0.39, 0.29) is 23.7 Å². The zero-order valence-electron chi connectivity index (χ0n) is 14.3. The second kappa shape index (κ2) is 10.0. The monoisotopic (exact) mass is 404 g/mol. The van der Waals surface area contributed by atoms with E-state index < -0.39 is 0 Å². The fraction of sp³-hybridized carbons (Fsp3) is 0.611. The summed E-state index contributed by atoms with van der Waals surface area (Å²) in [7, 11) is 0. The van der Waals surface area contributed by atoms with Crippen LogP contribution < -0.4 is 10.6 Å². The summed E-state index contributed by atoms with van der Waals surface area (Å²) in [6.45, 7) is 3.09. The molecule has 3 rings (SSSR count). The van der Waals surface area contributed by atoms with E-state index in [2.05, 4.69) is 16.7 Å². The van der Waals surface area contributed by atoms with Crippen molar-refractivity contribution >= 4 is 41.7 Å². The second-order valence-electron chi connectivity index (χ2n) is 6.61. The zero-order valence-corrected chi connectivity index (χ0v) is 16.7. The predicted molar refractivity (Wildman–Crippen MR) is 107 cm³/mol. The van der Waals surface area contributed by atoms with Gasteiger partial charge in [-0.15, -0.1) is 12.4 Å². The molecule has 2 fully saturated rings. The first kappa shape index (κ1) is 20.8. The van der Waals surface area contributed by atoms with E-state index >= 15 is 0 Å². The van der Waals surface area contributed by atoms with Gasteiger partial charge in [-0.1, -0.05) is 23.7 Å². The SMILES string of the molecule is Cl.O=C(CC1CSCCN1)NCC1(c2cccc(Cl)c2)CCOCC1.